The highest BCUT2D eigenvalue weighted by Gasteiger charge is 2.24. The zero-order valence-electron chi connectivity index (χ0n) is 19.1. The van der Waals surface area contributed by atoms with E-state index in [-0.39, 0.29) is 34.0 Å². The van der Waals surface area contributed by atoms with Gasteiger partial charge in [0, 0.05) is 38.3 Å². The fourth-order valence-corrected chi connectivity index (χ4v) is 6.27. The summed E-state index contributed by atoms with van der Waals surface area (Å²) in [7, 11) is -3.83. The van der Waals surface area contributed by atoms with Gasteiger partial charge in [0.25, 0.3) is 5.91 Å². The lowest BCUT2D eigenvalue weighted by Gasteiger charge is -2.34. The first kappa shape index (κ1) is 25.4. The first-order valence-corrected chi connectivity index (χ1v) is 13.5. The van der Waals surface area contributed by atoms with Crippen LogP contribution in [0.5, 0.6) is 0 Å². The van der Waals surface area contributed by atoms with Gasteiger partial charge in [-0.2, -0.15) is 0 Å². The minimum Gasteiger partial charge on any atom is -0.377 e. The molecule has 3 atom stereocenters. The summed E-state index contributed by atoms with van der Waals surface area (Å²) in [4.78, 5) is 15.0. The van der Waals surface area contributed by atoms with Crippen LogP contribution < -0.4 is 10.0 Å². The summed E-state index contributed by atoms with van der Waals surface area (Å²) in [5.74, 6) is 1.19. The molecule has 1 amide bonds. The normalized spacial score (nSPS) is 24.5. The van der Waals surface area contributed by atoms with E-state index in [0.717, 1.165) is 57.2 Å². The predicted molar refractivity (Wildman–Crippen MR) is 127 cm³/mol. The number of nitrogens with zero attached hydrogens (tertiary/aromatic N) is 1. The Morgan fingerprint density at radius 1 is 1.22 bits per heavy atom. The Morgan fingerprint density at radius 3 is 2.66 bits per heavy atom. The van der Waals surface area contributed by atoms with E-state index in [9.17, 15) is 13.2 Å². The first-order valence-electron chi connectivity index (χ1n) is 11.7. The van der Waals surface area contributed by atoms with Gasteiger partial charge in [0.15, 0.2) is 0 Å². The number of rotatable bonds is 10. The lowest BCUT2D eigenvalue weighted by Crippen LogP contribution is -2.39. The van der Waals surface area contributed by atoms with Gasteiger partial charge >= 0.3 is 0 Å². The number of carbonyl (C=O) groups is 1. The van der Waals surface area contributed by atoms with Gasteiger partial charge in [0.05, 0.1) is 11.1 Å². The van der Waals surface area contributed by atoms with Crippen LogP contribution in [0.3, 0.4) is 0 Å². The van der Waals surface area contributed by atoms with Crippen molar-refractivity contribution in [1.82, 2.24) is 14.9 Å². The molecule has 9 heteroatoms. The second-order valence-electron chi connectivity index (χ2n) is 9.30. The van der Waals surface area contributed by atoms with Gasteiger partial charge < -0.3 is 15.0 Å². The van der Waals surface area contributed by atoms with Crippen molar-refractivity contribution in [3.8, 4) is 0 Å². The number of carbonyl (C=O) groups excluding carboxylic acids is 1. The van der Waals surface area contributed by atoms with Crippen molar-refractivity contribution in [2.24, 2.45) is 11.8 Å². The summed E-state index contributed by atoms with van der Waals surface area (Å²) in [6.45, 7) is 9.37. The number of amides is 1. The first-order chi connectivity index (χ1) is 15.2. The van der Waals surface area contributed by atoms with Crippen LogP contribution >= 0.6 is 11.6 Å². The number of piperidine rings is 1. The average molecular weight is 486 g/mol. The van der Waals surface area contributed by atoms with E-state index in [2.05, 4.69) is 28.8 Å². The smallest absolute Gasteiger partial charge is 0.251 e. The van der Waals surface area contributed by atoms with Gasteiger partial charge in [-0.1, -0.05) is 25.4 Å². The third-order valence-corrected chi connectivity index (χ3v) is 8.04. The number of nitrogens with one attached hydrogen (secondary N) is 2. The Morgan fingerprint density at radius 2 is 1.97 bits per heavy atom. The quantitative estimate of drug-likeness (QED) is 0.496. The van der Waals surface area contributed by atoms with Crippen LogP contribution in [0, 0.1) is 11.8 Å². The van der Waals surface area contributed by atoms with Crippen LogP contribution in [-0.4, -0.2) is 64.7 Å². The molecule has 2 N–H and O–H groups in total. The Hall–Kier alpha value is -1.19. The summed E-state index contributed by atoms with van der Waals surface area (Å²) in [5, 5.41) is 2.98. The molecule has 3 rings (SSSR count). The summed E-state index contributed by atoms with van der Waals surface area (Å²) in [6, 6.07) is 4.34. The van der Waals surface area contributed by atoms with E-state index in [1.807, 2.05) is 0 Å². The third-order valence-electron chi connectivity index (χ3n) is 6.14. The van der Waals surface area contributed by atoms with Gasteiger partial charge in [-0.25, -0.2) is 13.1 Å². The molecule has 7 nitrogen and oxygen atoms in total. The van der Waals surface area contributed by atoms with Crippen LogP contribution in [-0.2, 0) is 14.8 Å². The second kappa shape index (κ2) is 11.8. The molecular formula is C23H36ClN3O4S. The number of halogens is 1. The monoisotopic (exact) mass is 485 g/mol. The third kappa shape index (κ3) is 7.42. The number of hydrogen-bond donors (Lipinski definition) is 2. The summed E-state index contributed by atoms with van der Waals surface area (Å²) in [5.41, 5.74) is 0.283. The molecule has 0 saturated carbocycles. The van der Waals surface area contributed by atoms with Crippen LogP contribution in [0.2, 0.25) is 5.02 Å². The van der Waals surface area contributed by atoms with E-state index >= 15 is 0 Å². The Kier molecular flexibility index (Phi) is 9.37. The van der Waals surface area contributed by atoms with Gasteiger partial charge in [-0.15, -0.1) is 0 Å². The summed E-state index contributed by atoms with van der Waals surface area (Å²) >= 11 is 6.13. The predicted octanol–water partition coefficient (Wildman–Crippen LogP) is 3.29. The highest BCUT2D eigenvalue weighted by molar-refractivity contribution is 7.89. The lowest BCUT2D eigenvalue weighted by atomic mass is 9.92. The topological polar surface area (TPSA) is 87.7 Å². The van der Waals surface area contributed by atoms with Gasteiger partial charge in [-0.3, -0.25) is 4.79 Å². The minimum absolute atomic E-state index is 0.0850. The van der Waals surface area contributed by atoms with Crippen LogP contribution in [0.1, 0.15) is 56.3 Å². The van der Waals surface area contributed by atoms with Crippen molar-refractivity contribution in [3.05, 3.63) is 28.8 Å². The second-order valence-corrected chi connectivity index (χ2v) is 11.4. The standard InChI is InChI=1S/C23H36ClN3O4S/c1-17-12-18(2)16-27(15-17)10-4-3-9-25-23(28)19-7-8-21(24)22(13-19)32(29,30)26-14-20-6-5-11-31-20/h7-8,13,17-18,20,26H,3-6,9-12,14-16H2,1-2H3,(H,25,28). The van der Waals surface area contributed by atoms with Crippen molar-refractivity contribution >= 4 is 27.5 Å². The molecule has 32 heavy (non-hydrogen) atoms. The average Bonchev–Trinajstić information content (AvgIpc) is 3.25. The molecule has 0 bridgehead atoms. The number of benzene rings is 1. The molecule has 2 heterocycles. The molecular weight excluding hydrogens is 450 g/mol. The molecule has 2 fully saturated rings. The number of unbranched alkanes of at least 4 members (excludes halogenated alkanes) is 1. The van der Waals surface area contributed by atoms with Crippen molar-refractivity contribution < 1.29 is 17.9 Å². The maximum absolute atomic E-state index is 12.7. The highest BCUT2D eigenvalue weighted by Crippen LogP contribution is 2.23. The molecule has 0 aliphatic carbocycles. The summed E-state index contributed by atoms with van der Waals surface area (Å²) in [6.07, 6.45) is 4.84. The van der Waals surface area contributed by atoms with Crippen LogP contribution in [0.15, 0.2) is 23.1 Å². The molecule has 0 radical (unpaired) electrons. The molecule has 1 aromatic carbocycles. The van der Waals surface area contributed by atoms with E-state index < -0.39 is 10.0 Å². The molecule has 1 aromatic rings. The minimum atomic E-state index is -3.83. The Bertz CT molecular complexity index is 864. The fourth-order valence-electron chi connectivity index (χ4n) is 4.68. The number of sulfonamides is 1. The van der Waals surface area contributed by atoms with Crippen molar-refractivity contribution in [2.75, 3.05) is 39.3 Å². The van der Waals surface area contributed by atoms with E-state index in [4.69, 9.17) is 16.3 Å². The highest BCUT2D eigenvalue weighted by atomic mass is 35.5. The van der Waals surface area contributed by atoms with Gasteiger partial charge in [-0.05, 0) is 68.7 Å². The molecule has 3 unspecified atom stereocenters. The maximum atomic E-state index is 12.7. The maximum Gasteiger partial charge on any atom is 0.251 e. The van der Waals surface area contributed by atoms with Crippen molar-refractivity contribution in [1.29, 1.82) is 0 Å². The molecule has 180 valence electrons. The van der Waals surface area contributed by atoms with Gasteiger partial charge in [0.1, 0.15) is 4.90 Å². The van der Waals surface area contributed by atoms with Crippen LogP contribution in [0.4, 0.5) is 0 Å². The summed E-state index contributed by atoms with van der Waals surface area (Å²) < 4.78 is 33.4. The molecule has 0 spiro atoms. The van der Waals surface area contributed by atoms with Gasteiger partial charge in [0.2, 0.25) is 10.0 Å². The number of likely N-dealkylation sites (tertiary alicyclic amines) is 1. The number of hydrogen-bond acceptors (Lipinski definition) is 5. The molecule has 0 aromatic heterocycles. The largest absolute Gasteiger partial charge is 0.377 e. The zero-order chi connectivity index (χ0) is 23.1. The van der Waals surface area contributed by atoms with E-state index in [1.54, 1.807) is 6.07 Å². The molecule has 2 saturated heterocycles. The Balaban J connectivity index is 1.46. The number of ether oxygens (including phenoxy) is 1. The van der Waals surface area contributed by atoms with Crippen LogP contribution in [0.25, 0.3) is 0 Å². The van der Waals surface area contributed by atoms with E-state index in [0.29, 0.717) is 13.2 Å². The van der Waals surface area contributed by atoms with E-state index in [1.165, 1.54) is 18.6 Å². The SMILES string of the molecule is CC1CC(C)CN(CCCCNC(=O)c2ccc(Cl)c(S(=O)(=O)NCC3CCCO3)c2)C1. The Labute approximate surface area is 197 Å². The van der Waals surface area contributed by atoms with Crippen molar-refractivity contribution in [3.63, 3.8) is 0 Å². The fraction of sp³-hybridized carbons (Fsp3) is 0.696. The molecule has 2 aliphatic heterocycles. The zero-order valence-corrected chi connectivity index (χ0v) is 20.7. The lowest BCUT2D eigenvalue weighted by molar-refractivity contribution is 0.0951. The molecule has 2 aliphatic rings. The van der Waals surface area contributed by atoms with Crippen molar-refractivity contribution in [2.45, 2.75) is 57.0 Å².